The van der Waals surface area contributed by atoms with Crippen molar-refractivity contribution in [1.29, 1.82) is 0 Å². The molecule has 0 saturated carbocycles. The van der Waals surface area contributed by atoms with Gasteiger partial charge in [0.05, 0.1) is 0 Å². The monoisotopic (exact) mass is 294 g/mol. The van der Waals surface area contributed by atoms with Crippen LogP contribution < -0.4 is 0 Å². The quantitative estimate of drug-likeness (QED) is 0.525. The van der Waals surface area contributed by atoms with Crippen molar-refractivity contribution in [3.8, 4) is 0 Å². The highest BCUT2D eigenvalue weighted by atomic mass is 35.5. The summed E-state index contributed by atoms with van der Waals surface area (Å²) in [4.78, 5) is 0. The van der Waals surface area contributed by atoms with Crippen LogP contribution in [-0.4, -0.2) is 0 Å². The van der Waals surface area contributed by atoms with Crippen LogP contribution in [0.25, 0.3) is 0 Å². The minimum absolute atomic E-state index is 0.326. The molecule has 1 rings (SSSR count). The van der Waals surface area contributed by atoms with Crippen molar-refractivity contribution in [3.63, 3.8) is 0 Å². The number of hydrogen-bond acceptors (Lipinski definition) is 0. The van der Waals surface area contributed by atoms with Gasteiger partial charge < -0.3 is 0 Å². The molecular formula is C19H31Cl. The Kier molecular flexibility index (Phi) is 6.13. The molecule has 0 aromatic heterocycles. The molecule has 0 nitrogen and oxygen atoms in total. The molecule has 0 bridgehead atoms. The highest BCUT2D eigenvalue weighted by Gasteiger charge is 2.20. The van der Waals surface area contributed by atoms with Crippen LogP contribution in [0.1, 0.15) is 71.9 Å². The number of halogens is 1. The van der Waals surface area contributed by atoms with Gasteiger partial charge in [0, 0.05) is 5.02 Å². The van der Waals surface area contributed by atoms with E-state index >= 15 is 0 Å². The first-order valence-electron chi connectivity index (χ1n) is 7.96. The number of benzene rings is 1. The zero-order valence-electron chi connectivity index (χ0n) is 14.1. The van der Waals surface area contributed by atoms with Crippen LogP contribution in [0, 0.1) is 10.8 Å². The van der Waals surface area contributed by atoms with Gasteiger partial charge in [-0.3, -0.25) is 0 Å². The maximum absolute atomic E-state index is 6.50. The van der Waals surface area contributed by atoms with Gasteiger partial charge in [-0.25, -0.2) is 0 Å². The van der Waals surface area contributed by atoms with Gasteiger partial charge in [0.1, 0.15) is 0 Å². The van der Waals surface area contributed by atoms with Gasteiger partial charge in [-0.1, -0.05) is 78.1 Å². The van der Waals surface area contributed by atoms with Crippen molar-refractivity contribution < 1.29 is 0 Å². The van der Waals surface area contributed by atoms with E-state index < -0.39 is 0 Å². The van der Waals surface area contributed by atoms with Gasteiger partial charge in [0.2, 0.25) is 0 Å². The molecule has 0 aliphatic heterocycles. The van der Waals surface area contributed by atoms with Gasteiger partial charge in [-0.05, 0) is 47.3 Å². The lowest BCUT2D eigenvalue weighted by atomic mass is 9.80. The standard InChI is InChI=1S/C19H31Cl/c1-7-11-19(5,6)13-15-9-10-16(17(20)12-15)14-18(3,4)8-2/h9-10,12H,7-8,11,13-14H2,1-6H3. The molecule has 0 fully saturated rings. The Morgan fingerprint density at radius 3 is 2.10 bits per heavy atom. The zero-order chi connectivity index (χ0) is 15.4. The van der Waals surface area contributed by atoms with Crippen molar-refractivity contribution in [2.24, 2.45) is 10.8 Å². The fourth-order valence-corrected chi connectivity index (χ4v) is 3.07. The largest absolute Gasteiger partial charge is 0.0840 e. The summed E-state index contributed by atoms with van der Waals surface area (Å²) >= 11 is 6.50. The lowest BCUT2D eigenvalue weighted by Gasteiger charge is -2.25. The fourth-order valence-electron chi connectivity index (χ4n) is 2.80. The van der Waals surface area contributed by atoms with Gasteiger partial charge in [-0.15, -0.1) is 0 Å². The Morgan fingerprint density at radius 2 is 1.60 bits per heavy atom. The summed E-state index contributed by atoms with van der Waals surface area (Å²) in [5, 5.41) is 0.941. The zero-order valence-corrected chi connectivity index (χ0v) is 14.9. The average molecular weight is 295 g/mol. The van der Waals surface area contributed by atoms with Crippen LogP contribution in [0.3, 0.4) is 0 Å². The molecule has 0 radical (unpaired) electrons. The third kappa shape index (κ3) is 5.48. The third-order valence-corrected chi connectivity index (χ3v) is 4.70. The molecule has 0 unspecified atom stereocenters. The highest BCUT2D eigenvalue weighted by Crippen LogP contribution is 2.32. The van der Waals surface area contributed by atoms with Crippen molar-refractivity contribution in [2.45, 2.75) is 73.6 Å². The predicted molar refractivity (Wildman–Crippen MR) is 91.6 cm³/mol. The van der Waals surface area contributed by atoms with E-state index in [4.69, 9.17) is 11.6 Å². The maximum atomic E-state index is 6.50. The van der Waals surface area contributed by atoms with Crippen LogP contribution in [0.5, 0.6) is 0 Å². The summed E-state index contributed by atoms with van der Waals surface area (Å²) in [7, 11) is 0. The second kappa shape index (κ2) is 6.98. The maximum Gasteiger partial charge on any atom is 0.0440 e. The van der Waals surface area contributed by atoms with Crippen LogP contribution in [0.15, 0.2) is 18.2 Å². The second-order valence-corrected chi connectivity index (χ2v) is 8.12. The van der Waals surface area contributed by atoms with Crippen LogP contribution in [-0.2, 0) is 12.8 Å². The Labute approximate surface area is 130 Å². The molecule has 0 atom stereocenters. The smallest absolute Gasteiger partial charge is 0.0440 e. The predicted octanol–water partition coefficient (Wildman–Crippen LogP) is 6.69. The van der Waals surface area contributed by atoms with E-state index in [-0.39, 0.29) is 0 Å². The molecular weight excluding hydrogens is 264 g/mol. The first kappa shape index (κ1) is 17.6. The molecule has 20 heavy (non-hydrogen) atoms. The molecule has 0 spiro atoms. The summed E-state index contributed by atoms with van der Waals surface area (Å²) in [6.45, 7) is 13.8. The average Bonchev–Trinajstić information content (AvgIpc) is 2.32. The molecule has 1 heteroatoms. The minimum atomic E-state index is 0.326. The minimum Gasteiger partial charge on any atom is -0.0840 e. The van der Waals surface area contributed by atoms with E-state index in [0.717, 1.165) is 17.9 Å². The molecule has 114 valence electrons. The third-order valence-electron chi connectivity index (χ3n) is 4.35. The number of rotatable bonds is 7. The molecule has 0 N–H and O–H groups in total. The van der Waals surface area contributed by atoms with Gasteiger partial charge in [-0.2, -0.15) is 0 Å². The molecule has 0 aliphatic carbocycles. The summed E-state index contributed by atoms with van der Waals surface area (Å²) < 4.78 is 0. The van der Waals surface area contributed by atoms with Crippen molar-refractivity contribution in [3.05, 3.63) is 34.3 Å². The first-order valence-corrected chi connectivity index (χ1v) is 8.34. The SMILES string of the molecule is CCCC(C)(C)Cc1ccc(CC(C)(C)CC)c(Cl)c1. The van der Waals surface area contributed by atoms with E-state index in [0.29, 0.717) is 10.8 Å². The number of hydrogen-bond donors (Lipinski definition) is 0. The summed E-state index contributed by atoms with van der Waals surface area (Å²) in [6, 6.07) is 6.68. The van der Waals surface area contributed by atoms with E-state index in [1.165, 1.54) is 30.4 Å². The van der Waals surface area contributed by atoms with Gasteiger partial charge in [0.15, 0.2) is 0 Å². The molecule has 1 aromatic carbocycles. The normalized spacial score (nSPS) is 12.8. The molecule has 0 aliphatic rings. The Hall–Kier alpha value is -0.490. The Morgan fingerprint density at radius 1 is 0.950 bits per heavy atom. The van der Waals surface area contributed by atoms with E-state index in [1.54, 1.807) is 0 Å². The molecule has 0 amide bonds. The van der Waals surface area contributed by atoms with Gasteiger partial charge >= 0.3 is 0 Å². The van der Waals surface area contributed by atoms with E-state index in [1.807, 2.05) is 0 Å². The first-order chi connectivity index (χ1) is 9.19. The summed E-state index contributed by atoms with van der Waals surface area (Å²) in [5.74, 6) is 0. The highest BCUT2D eigenvalue weighted by molar-refractivity contribution is 6.31. The lowest BCUT2D eigenvalue weighted by Crippen LogP contribution is -2.15. The van der Waals surface area contributed by atoms with Crippen LogP contribution >= 0.6 is 11.6 Å². The molecule has 1 aromatic rings. The Bertz CT molecular complexity index is 429. The van der Waals surface area contributed by atoms with Crippen molar-refractivity contribution in [2.75, 3.05) is 0 Å². The van der Waals surface area contributed by atoms with Crippen LogP contribution in [0.4, 0.5) is 0 Å². The van der Waals surface area contributed by atoms with E-state index in [9.17, 15) is 0 Å². The summed E-state index contributed by atoms with van der Waals surface area (Å²) in [5.41, 5.74) is 3.34. The Balaban J connectivity index is 2.83. The summed E-state index contributed by atoms with van der Waals surface area (Å²) in [6.07, 6.45) is 5.84. The molecule has 0 saturated heterocycles. The van der Waals surface area contributed by atoms with Crippen molar-refractivity contribution in [1.82, 2.24) is 0 Å². The topological polar surface area (TPSA) is 0 Å². The van der Waals surface area contributed by atoms with Gasteiger partial charge in [0.25, 0.3) is 0 Å². The van der Waals surface area contributed by atoms with Crippen molar-refractivity contribution >= 4 is 11.6 Å². The van der Waals surface area contributed by atoms with Crippen LogP contribution in [0.2, 0.25) is 5.02 Å². The van der Waals surface area contributed by atoms with E-state index in [2.05, 4.69) is 59.7 Å². The second-order valence-electron chi connectivity index (χ2n) is 7.71. The lowest BCUT2D eigenvalue weighted by molar-refractivity contribution is 0.328. The molecule has 0 heterocycles. The fraction of sp³-hybridized carbons (Fsp3) is 0.684.